The van der Waals surface area contributed by atoms with Crippen molar-refractivity contribution < 1.29 is 13.9 Å². The highest BCUT2D eigenvalue weighted by Gasteiger charge is 2.31. The van der Waals surface area contributed by atoms with Crippen molar-refractivity contribution in [2.24, 2.45) is 0 Å². The maximum absolute atomic E-state index is 13.0. The molecule has 1 heterocycles. The van der Waals surface area contributed by atoms with Crippen LogP contribution in [0, 0.1) is 5.82 Å². The summed E-state index contributed by atoms with van der Waals surface area (Å²) in [6, 6.07) is 5.83. The highest BCUT2D eigenvalue weighted by Crippen LogP contribution is 2.20. The molecule has 0 radical (unpaired) electrons. The molecular formula is C15H16FN3O2. The molecule has 110 valence electrons. The van der Waals surface area contributed by atoms with Gasteiger partial charge in [-0.3, -0.25) is 4.79 Å². The van der Waals surface area contributed by atoms with Crippen LogP contribution in [0.2, 0.25) is 0 Å². The number of benzene rings is 1. The molecule has 0 saturated heterocycles. The molecule has 0 atom stereocenters. The van der Waals surface area contributed by atoms with Gasteiger partial charge in [-0.15, -0.1) is 0 Å². The zero-order valence-electron chi connectivity index (χ0n) is 12.1. The number of hydrogen-bond donors (Lipinski definition) is 0. The van der Waals surface area contributed by atoms with E-state index in [4.69, 9.17) is 4.74 Å². The van der Waals surface area contributed by atoms with Crippen LogP contribution in [-0.2, 0) is 9.53 Å². The second-order valence-electron chi connectivity index (χ2n) is 4.96. The Kier molecular flexibility index (Phi) is 4.28. The number of rotatable bonds is 5. The van der Waals surface area contributed by atoms with Crippen molar-refractivity contribution >= 4 is 17.6 Å². The first-order chi connectivity index (χ1) is 9.94. The summed E-state index contributed by atoms with van der Waals surface area (Å²) in [5, 5.41) is 3.99. The van der Waals surface area contributed by atoms with Gasteiger partial charge >= 0.3 is 0 Å². The Morgan fingerprint density at radius 3 is 2.52 bits per heavy atom. The molecule has 0 aliphatic heterocycles. The fourth-order valence-corrected chi connectivity index (χ4v) is 1.69. The Morgan fingerprint density at radius 1 is 1.33 bits per heavy atom. The lowest BCUT2D eigenvalue weighted by Gasteiger charge is -2.22. The van der Waals surface area contributed by atoms with Gasteiger partial charge in [0.2, 0.25) is 5.78 Å². The molecule has 0 aliphatic carbocycles. The van der Waals surface area contributed by atoms with Gasteiger partial charge in [-0.05, 0) is 37.6 Å². The normalized spacial score (nSPS) is 12.5. The Balaban J connectivity index is 2.47. The number of halogens is 1. The van der Waals surface area contributed by atoms with Gasteiger partial charge < -0.3 is 4.74 Å². The fourth-order valence-electron chi connectivity index (χ4n) is 1.69. The maximum atomic E-state index is 13.0. The second-order valence-corrected chi connectivity index (χ2v) is 4.96. The maximum Gasteiger partial charge on any atom is 0.212 e. The molecule has 0 spiro atoms. The molecule has 0 unspecified atom stereocenters. The van der Waals surface area contributed by atoms with Crippen LogP contribution >= 0.6 is 0 Å². The van der Waals surface area contributed by atoms with E-state index in [2.05, 4.69) is 10.1 Å². The van der Waals surface area contributed by atoms with E-state index in [-0.39, 0.29) is 11.6 Å². The van der Waals surface area contributed by atoms with Crippen LogP contribution in [0.1, 0.15) is 19.4 Å². The fraction of sp³-hybridized carbons (Fsp3) is 0.267. The van der Waals surface area contributed by atoms with E-state index in [0.29, 0.717) is 11.3 Å². The van der Waals surface area contributed by atoms with Crippen molar-refractivity contribution in [3.8, 4) is 0 Å². The van der Waals surface area contributed by atoms with Gasteiger partial charge in [0, 0.05) is 7.11 Å². The number of ketones is 1. The van der Waals surface area contributed by atoms with Crippen molar-refractivity contribution in [3.63, 3.8) is 0 Å². The minimum atomic E-state index is -1.00. The standard InChI is InChI=1S/C15H16FN3O2/c1-15(2,21-3)14(20)13(19-10-17-9-18-19)8-11-4-6-12(16)7-5-11/h4-10H,1-3H3. The number of methoxy groups -OCH3 is 1. The quantitative estimate of drug-likeness (QED) is 0.793. The molecule has 0 amide bonds. The minimum Gasteiger partial charge on any atom is -0.371 e. The van der Waals surface area contributed by atoms with Crippen molar-refractivity contribution in [1.82, 2.24) is 14.8 Å². The Labute approximate surface area is 122 Å². The number of Topliss-reactive ketones (excluding diaryl/α,β-unsaturated/α-hetero) is 1. The van der Waals surface area contributed by atoms with Crippen molar-refractivity contribution in [2.75, 3.05) is 7.11 Å². The van der Waals surface area contributed by atoms with Gasteiger partial charge in [-0.2, -0.15) is 5.10 Å². The first-order valence-electron chi connectivity index (χ1n) is 6.36. The number of carbonyl (C=O) groups excluding carboxylic acids is 1. The molecule has 0 saturated carbocycles. The van der Waals surface area contributed by atoms with Gasteiger partial charge in [0.05, 0.1) is 0 Å². The lowest BCUT2D eigenvalue weighted by Crippen LogP contribution is -2.35. The average Bonchev–Trinajstić information content (AvgIpc) is 3.00. The largest absolute Gasteiger partial charge is 0.371 e. The van der Waals surface area contributed by atoms with Crippen LogP contribution in [0.15, 0.2) is 36.9 Å². The lowest BCUT2D eigenvalue weighted by molar-refractivity contribution is -0.131. The molecule has 1 aromatic heterocycles. The summed E-state index contributed by atoms with van der Waals surface area (Å²) in [6.07, 6.45) is 4.39. The van der Waals surface area contributed by atoms with E-state index in [1.54, 1.807) is 32.1 Å². The summed E-state index contributed by atoms with van der Waals surface area (Å²) in [5.41, 5.74) is -0.0224. The SMILES string of the molecule is COC(C)(C)C(=O)C(=Cc1ccc(F)cc1)n1cncn1. The van der Waals surface area contributed by atoms with Crippen LogP contribution in [0.25, 0.3) is 11.8 Å². The third-order valence-electron chi connectivity index (χ3n) is 3.13. The molecule has 21 heavy (non-hydrogen) atoms. The van der Waals surface area contributed by atoms with Crippen molar-refractivity contribution in [1.29, 1.82) is 0 Å². The third-order valence-corrected chi connectivity index (χ3v) is 3.13. The minimum absolute atomic E-state index is 0.250. The van der Waals surface area contributed by atoms with E-state index in [0.717, 1.165) is 0 Å². The zero-order valence-corrected chi connectivity index (χ0v) is 12.1. The predicted octanol–water partition coefficient (Wildman–Crippen LogP) is 2.41. The number of nitrogens with zero attached hydrogens (tertiary/aromatic N) is 3. The van der Waals surface area contributed by atoms with Crippen LogP contribution in [0.5, 0.6) is 0 Å². The number of aromatic nitrogens is 3. The number of ether oxygens (including phenoxy) is 1. The van der Waals surface area contributed by atoms with E-state index in [1.165, 1.54) is 36.6 Å². The Hall–Kier alpha value is -2.34. The topological polar surface area (TPSA) is 57.0 Å². The van der Waals surface area contributed by atoms with Gasteiger partial charge in [-0.1, -0.05) is 12.1 Å². The summed E-state index contributed by atoms with van der Waals surface area (Å²) in [5.74, 6) is -0.585. The highest BCUT2D eigenvalue weighted by molar-refractivity contribution is 6.23. The molecule has 2 rings (SSSR count). The molecule has 0 fully saturated rings. The smallest absolute Gasteiger partial charge is 0.212 e. The third kappa shape index (κ3) is 3.41. The van der Waals surface area contributed by atoms with Crippen LogP contribution in [-0.4, -0.2) is 33.3 Å². The van der Waals surface area contributed by atoms with E-state index < -0.39 is 5.60 Å². The van der Waals surface area contributed by atoms with Gasteiger partial charge in [0.15, 0.2) is 0 Å². The van der Waals surface area contributed by atoms with Gasteiger partial charge in [0.1, 0.15) is 29.8 Å². The monoisotopic (exact) mass is 289 g/mol. The molecule has 0 aliphatic rings. The first-order valence-corrected chi connectivity index (χ1v) is 6.36. The molecule has 0 N–H and O–H groups in total. The molecule has 1 aromatic carbocycles. The van der Waals surface area contributed by atoms with Crippen molar-refractivity contribution in [3.05, 3.63) is 48.3 Å². The average molecular weight is 289 g/mol. The molecule has 2 aromatic rings. The molecular weight excluding hydrogens is 273 g/mol. The summed E-state index contributed by atoms with van der Waals surface area (Å²) in [4.78, 5) is 16.5. The summed E-state index contributed by atoms with van der Waals surface area (Å²) in [6.45, 7) is 3.34. The van der Waals surface area contributed by atoms with E-state index >= 15 is 0 Å². The second kappa shape index (κ2) is 5.97. The summed E-state index contributed by atoms with van der Waals surface area (Å²) in [7, 11) is 1.47. The van der Waals surface area contributed by atoms with E-state index in [1.807, 2.05) is 0 Å². The highest BCUT2D eigenvalue weighted by atomic mass is 19.1. The number of hydrogen-bond acceptors (Lipinski definition) is 4. The zero-order chi connectivity index (χ0) is 15.5. The van der Waals surface area contributed by atoms with Crippen LogP contribution in [0.4, 0.5) is 4.39 Å². The van der Waals surface area contributed by atoms with Crippen LogP contribution in [0.3, 0.4) is 0 Å². The molecule has 6 heteroatoms. The van der Waals surface area contributed by atoms with Crippen LogP contribution < -0.4 is 0 Å². The Bertz CT molecular complexity index is 646. The van der Waals surface area contributed by atoms with E-state index in [9.17, 15) is 9.18 Å². The molecule has 0 bridgehead atoms. The summed E-state index contributed by atoms with van der Waals surface area (Å²) >= 11 is 0. The predicted molar refractivity (Wildman–Crippen MR) is 76.7 cm³/mol. The number of carbonyl (C=O) groups is 1. The lowest BCUT2D eigenvalue weighted by atomic mass is 9.99. The first kappa shape index (κ1) is 15.1. The Morgan fingerprint density at radius 2 is 2.00 bits per heavy atom. The molecule has 5 nitrogen and oxygen atoms in total. The van der Waals surface area contributed by atoms with Gasteiger partial charge in [0.25, 0.3) is 0 Å². The van der Waals surface area contributed by atoms with Crippen molar-refractivity contribution in [2.45, 2.75) is 19.4 Å². The summed E-state index contributed by atoms with van der Waals surface area (Å²) < 4.78 is 19.6. The van der Waals surface area contributed by atoms with Gasteiger partial charge in [-0.25, -0.2) is 14.1 Å².